The molecule has 0 fully saturated rings. The highest BCUT2D eigenvalue weighted by atomic mass is 32.1. The second kappa shape index (κ2) is 6.20. The van der Waals surface area contributed by atoms with Crippen molar-refractivity contribution < 1.29 is 9.47 Å². The first-order valence-corrected chi connectivity index (χ1v) is 7.80. The topological polar surface area (TPSA) is 31.4 Å². The molecular weight excluding hydrogens is 294 g/mol. The standard InChI is InChI=1S/C18H17NO2S/c1-12-17(13-8-10-14(20-2)11-9-13)19-18(22-12)15-6-4-5-7-16(15)21-3/h4-11H,1-3H3. The number of aromatic nitrogens is 1. The normalized spacial score (nSPS) is 10.5. The molecule has 0 N–H and O–H groups in total. The van der Waals surface area contributed by atoms with Gasteiger partial charge in [0.2, 0.25) is 0 Å². The molecular formula is C18H17NO2S. The Labute approximate surface area is 134 Å². The van der Waals surface area contributed by atoms with Gasteiger partial charge in [0.05, 0.1) is 25.5 Å². The minimum Gasteiger partial charge on any atom is -0.497 e. The highest BCUT2D eigenvalue weighted by Gasteiger charge is 2.14. The number of methoxy groups -OCH3 is 2. The lowest BCUT2D eigenvalue weighted by Gasteiger charge is -2.04. The van der Waals surface area contributed by atoms with E-state index in [2.05, 4.69) is 6.92 Å². The Balaban J connectivity index is 2.03. The molecule has 0 saturated carbocycles. The Morgan fingerprint density at radius 2 is 1.64 bits per heavy atom. The van der Waals surface area contributed by atoms with Crippen molar-refractivity contribution in [2.75, 3.05) is 14.2 Å². The summed E-state index contributed by atoms with van der Waals surface area (Å²) in [4.78, 5) is 6.00. The van der Waals surface area contributed by atoms with E-state index in [0.717, 1.165) is 33.3 Å². The highest BCUT2D eigenvalue weighted by Crippen LogP contribution is 2.37. The lowest BCUT2D eigenvalue weighted by Crippen LogP contribution is -1.87. The predicted octanol–water partition coefficient (Wildman–Crippen LogP) is 4.80. The fourth-order valence-electron chi connectivity index (χ4n) is 2.35. The van der Waals surface area contributed by atoms with Gasteiger partial charge >= 0.3 is 0 Å². The number of ether oxygens (including phenoxy) is 2. The molecule has 0 aliphatic rings. The average molecular weight is 311 g/mol. The van der Waals surface area contributed by atoms with Crippen molar-refractivity contribution in [3.8, 4) is 33.3 Å². The Kier molecular flexibility index (Phi) is 4.11. The van der Waals surface area contributed by atoms with Gasteiger partial charge in [-0.2, -0.15) is 0 Å². The van der Waals surface area contributed by atoms with E-state index in [4.69, 9.17) is 14.5 Å². The van der Waals surface area contributed by atoms with Crippen LogP contribution in [0, 0.1) is 6.92 Å². The van der Waals surface area contributed by atoms with Gasteiger partial charge in [0.15, 0.2) is 0 Å². The van der Waals surface area contributed by atoms with Gasteiger partial charge in [-0.1, -0.05) is 12.1 Å². The van der Waals surface area contributed by atoms with Crippen LogP contribution in [0.2, 0.25) is 0 Å². The molecule has 0 unspecified atom stereocenters. The zero-order chi connectivity index (χ0) is 15.5. The molecule has 0 atom stereocenters. The van der Waals surface area contributed by atoms with Crippen LogP contribution in [0.15, 0.2) is 48.5 Å². The van der Waals surface area contributed by atoms with Crippen molar-refractivity contribution in [3.05, 3.63) is 53.4 Å². The van der Waals surface area contributed by atoms with Crippen LogP contribution in [0.5, 0.6) is 11.5 Å². The van der Waals surface area contributed by atoms with Crippen molar-refractivity contribution in [1.29, 1.82) is 0 Å². The van der Waals surface area contributed by atoms with Crippen LogP contribution in [0.4, 0.5) is 0 Å². The fourth-order valence-corrected chi connectivity index (χ4v) is 3.32. The van der Waals surface area contributed by atoms with E-state index in [1.54, 1.807) is 25.6 Å². The molecule has 1 aromatic heterocycles. The average Bonchev–Trinajstić information content (AvgIpc) is 2.96. The molecule has 0 radical (unpaired) electrons. The summed E-state index contributed by atoms with van der Waals surface area (Å²) < 4.78 is 10.6. The molecule has 4 heteroatoms. The second-order valence-electron chi connectivity index (χ2n) is 4.85. The van der Waals surface area contributed by atoms with Crippen molar-refractivity contribution in [3.63, 3.8) is 0 Å². The lowest BCUT2D eigenvalue weighted by atomic mass is 10.1. The largest absolute Gasteiger partial charge is 0.497 e. The number of para-hydroxylation sites is 1. The number of benzene rings is 2. The second-order valence-corrected chi connectivity index (χ2v) is 6.06. The molecule has 0 amide bonds. The van der Waals surface area contributed by atoms with Crippen LogP contribution in [0.1, 0.15) is 4.88 Å². The van der Waals surface area contributed by atoms with Crippen LogP contribution in [0.3, 0.4) is 0 Å². The number of thiazole rings is 1. The van der Waals surface area contributed by atoms with Gasteiger partial charge in [-0.3, -0.25) is 0 Å². The molecule has 0 bridgehead atoms. The zero-order valence-electron chi connectivity index (χ0n) is 12.8. The molecule has 0 saturated heterocycles. The summed E-state index contributed by atoms with van der Waals surface area (Å²) in [7, 11) is 3.35. The van der Waals surface area contributed by atoms with Crippen molar-refractivity contribution in [2.24, 2.45) is 0 Å². The van der Waals surface area contributed by atoms with Crippen LogP contribution in [-0.4, -0.2) is 19.2 Å². The van der Waals surface area contributed by atoms with Gasteiger partial charge in [0.25, 0.3) is 0 Å². The Hall–Kier alpha value is -2.33. The molecule has 3 aromatic rings. The smallest absolute Gasteiger partial charge is 0.129 e. The summed E-state index contributed by atoms with van der Waals surface area (Å²) in [6, 6.07) is 15.9. The first-order valence-electron chi connectivity index (χ1n) is 6.98. The van der Waals surface area contributed by atoms with Crippen LogP contribution in [-0.2, 0) is 0 Å². The van der Waals surface area contributed by atoms with E-state index in [-0.39, 0.29) is 0 Å². The molecule has 0 aliphatic carbocycles. The van der Waals surface area contributed by atoms with E-state index in [1.807, 2.05) is 48.5 Å². The van der Waals surface area contributed by atoms with Gasteiger partial charge in [0, 0.05) is 10.4 Å². The third kappa shape index (κ3) is 2.70. The van der Waals surface area contributed by atoms with Gasteiger partial charge in [-0.15, -0.1) is 11.3 Å². The molecule has 3 nitrogen and oxygen atoms in total. The van der Waals surface area contributed by atoms with E-state index >= 15 is 0 Å². The molecule has 22 heavy (non-hydrogen) atoms. The predicted molar refractivity (Wildman–Crippen MR) is 90.8 cm³/mol. The maximum atomic E-state index is 5.43. The summed E-state index contributed by atoms with van der Waals surface area (Å²) >= 11 is 1.68. The van der Waals surface area contributed by atoms with Gasteiger partial charge in [0.1, 0.15) is 16.5 Å². The van der Waals surface area contributed by atoms with Crippen molar-refractivity contribution >= 4 is 11.3 Å². The maximum Gasteiger partial charge on any atom is 0.129 e. The number of nitrogens with zero attached hydrogens (tertiary/aromatic N) is 1. The fraction of sp³-hybridized carbons (Fsp3) is 0.167. The van der Waals surface area contributed by atoms with Crippen molar-refractivity contribution in [2.45, 2.75) is 6.92 Å². The molecule has 3 rings (SSSR count). The molecule has 0 spiro atoms. The summed E-state index contributed by atoms with van der Waals surface area (Å²) in [5.41, 5.74) is 3.13. The first-order chi connectivity index (χ1) is 10.7. The SMILES string of the molecule is COc1ccc(-c2nc(-c3ccccc3OC)sc2C)cc1. The molecule has 1 heterocycles. The summed E-state index contributed by atoms with van der Waals surface area (Å²) in [5, 5.41) is 0.973. The third-order valence-electron chi connectivity index (χ3n) is 3.50. The van der Waals surface area contributed by atoms with E-state index < -0.39 is 0 Å². The number of hydrogen-bond acceptors (Lipinski definition) is 4. The summed E-state index contributed by atoms with van der Waals surface area (Å²) in [6.07, 6.45) is 0. The van der Waals surface area contributed by atoms with E-state index in [0.29, 0.717) is 0 Å². The Morgan fingerprint density at radius 3 is 2.32 bits per heavy atom. The molecule has 2 aromatic carbocycles. The van der Waals surface area contributed by atoms with E-state index in [9.17, 15) is 0 Å². The molecule has 0 aliphatic heterocycles. The van der Waals surface area contributed by atoms with Crippen molar-refractivity contribution in [1.82, 2.24) is 4.98 Å². The minimum absolute atomic E-state index is 0.845. The zero-order valence-corrected chi connectivity index (χ0v) is 13.6. The summed E-state index contributed by atoms with van der Waals surface area (Å²) in [5.74, 6) is 1.69. The lowest BCUT2D eigenvalue weighted by molar-refractivity contribution is 0.415. The third-order valence-corrected chi connectivity index (χ3v) is 4.50. The first kappa shape index (κ1) is 14.6. The van der Waals surface area contributed by atoms with Gasteiger partial charge < -0.3 is 9.47 Å². The monoisotopic (exact) mass is 311 g/mol. The van der Waals surface area contributed by atoms with Gasteiger partial charge in [-0.05, 0) is 43.3 Å². The van der Waals surface area contributed by atoms with Crippen LogP contribution < -0.4 is 9.47 Å². The number of aryl methyl sites for hydroxylation is 1. The maximum absolute atomic E-state index is 5.43. The Morgan fingerprint density at radius 1 is 0.909 bits per heavy atom. The minimum atomic E-state index is 0.845. The quantitative estimate of drug-likeness (QED) is 0.693. The molecule has 112 valence electrons. The van der Waals surface area contributed by atoms with Crippen LogP contribution in [0.25, 0.3) is 21.8 Å². The Bertz CT molecular complexity index is 778. The highest BCUT2D eigenvalue weighted by molar-refractivity contribution is 7.15. The number of hydrogen-bond donors (Lipinski definition) is 0. The van der Waals surface area contributed by atoms with Crippen LogP contribution >= 0.6 is 11.3 Å². The number of rotatable bonds is 4. The summed E-state index contributed by atoms with van der Waals surface area (Å²) in [6.45, 7) is 2.09. The van der Waals surface area contributed by atoms with E-state index in [1.165, 1.54) is 4.88 Å². The van der Waals surface area contributed by atoms with Gasteiger partial charge in [-0.25, -0.2) is 4.98 Å².